The van der Waals surface area contributed by atoms with Crippen molar-refractivity contribution in [2.24, 2.45) is 0 Å². The Kier molecular flexibility index (Phi) is 9.48. The molecule has 0 bridgehead atoms. The van der Waals surface area contributed by atoms with E-state index in [1.54, 1.807) is 34.6 Å². The third kappa shape index (κ3) is 7.05. The van der Waals surface area contributed by atoms with Gasteiger partial charge in [-0.15, -0.1) is 0 Å². The van der Waals surface area contributed by atoms with Crippen LogP contribution in [0.1, 0.15) is 63.4 Å². The lowest BCUT2D eigenvalue weighted by Gasteiger charge is -2.25. The van der Waals surface area contributed by atoms with Gasteiger partial charge >= 0.3 is 5.97 Å². The molecule has 0 aliphatic rings. The molecule has 0 aromatic heterocycles. The first-order chi connectivity index (χ1) is 17.0. The molecule has 0 aliphatic heterocycles. The summed E-state index contributed by atoms with van der Waals surface area (Å²) >= 11 is 6.39. The SMILES string of the molecule is CCCS(=O)(=O)N(c1ccc(F)c(Oc2ccc(N)c(C(=O)OC(C)(C)C)c2C)c1Cl)S(=O)(=O)CCC. The molecule has 0 unspecified atom stereocenters. The number of ether oxygens (including phenoxy) is 2. The Labute approximate surface area is 222 Å². The highest BCUT2D eigenvalue weighted by Gasteiger charge is 2.36. The number of sulfonamides is 2. The van der Waals surface area contributed by atoms with E-state index in [4.69, 9.17) is 26.8 Å². The number of benzene rings is 2. The molecular formula is C24H32ClFN2O7S2. The average Bonchev–Trinajstić information content (AvgIpc) is 2.72. The van der Waals surface area contributed by atoms with E-state index in [0.29, 0.717) is 0 Å². The quantitative estimate of drug-likeness (QED) is 0.292. The average molecular weight is 579 g/mol. The number of nitrogens with zero attached hydrogens (tertiary/aromatic N) is 1. The minimum atomic E-state index is -4.37. The molecule has 2 rings (SSSR count). The summed E-state index contributed by atoms with van der Waals surface area (Å²) < 4.78 is 78.1. The number of halogens is 2. The first-order valence-electron chi connectivity index (χ1n) is 11.5. The summed E-state index contributed by atoms with van der Waals surface area (Å²) in [5, 5.41) is -0.575. The molecule has 0 amide bonds. The van der Waals surface area contributed by atoms with Gasteiger partial charge in [0.1, 0.15) is 16.4 Å². The highest BCUT2D eigenvalue weighted by atomic mass is 35.5. The van der Waals surface area contributed by atoms with Crippen molar-refractivity contribution in [2.75, 3.05) is 20.9 Å². The van der Waals surface area contributed by atoms with Gasteiger partial charge in [0.2, 0.25) is 20.0 Å². The Bertz CT molecular complexity index is 1350. The topological polar surface area (TPSA) is 133 Å². The maximum absolute atomic E-state index is 14.9. The van der Waals surface area contributed by atoms with Crippen molar-refractivity contribution >= 4 is 49.0 Å². The van der Waals surface area contributed by atoms with Crippen LogP contribution in [0.4, 0.5) is 15.8 Å². The molecular weight excluding hydrogens is 547 g/mol. The highest BCUT2D eigenvalue weighted by Crippen LogP contribution is 2.42. The van der Waals surface area contributed by atoms with Gasteiger partial charge in [0.05, 0.1) is 22.8 Å². The normalized spacial score (nSPS) is 12.3. The van der Waals surface area contributed by atoms with Crippen molar-refractivity contribution in [3.63, 3.8) is 0 Å². The Morgan fingerprint density at radius 1 is 1.03 bits per heavy atom. The first kappa shape index (κ1) is 30.7. The zero-order chi connectivity index (χ0) is 28.3. The number of carbonyl (C=O) groups excluding carboxylic acids is 1. The second-order valence-corrected chi connectivity index (χ2v) is 13.8. The summed E-state index contributed by atoms with van der Waals surface area (Å²) in [5.74, 6) is -3.30. The fraction of sp³-hybridized carbons (Fsp3) is 0.458. The molecule has 0 heterocycles. The molecule has 13 heteroatoms. The number of esters is 1. The predicted octanol–water partition coefficient (Wildman–Crippen LogP) is 5.40. The van der Waals surface area contributed by atoms with Gasteiger partial charge in [0, 0.05) is 11.3 Å². The van der Waals surface area contributed by atoms with Crippen LogP contribution in [0.2, 0.25) is 5.02 Å². The van der Waals surface area contributed by atoms with Crippen LogP contribution in [0.3, 0.4) is 0 Å². The van der Waals surface area contributed by atoms with Crippen LogP contribution in [-0.2, 0) is 24.8 Å². The molecule has 0 fully saturated rings. The molecule has 0 aliphatic carbocycles. The van der Waals surface area contributed by atoms with Gasteiger partial charge in [0.25, 0.3) is 0 Å². The van der Waals surface area contributed by atoms with E-state index in [-0.39, 0.29) is 39.1 Å². The Balaban J connectivity index is 2.69. The second-order valence-electron chi connectivity index (χ2n) is 9.30. The molecule has 37 heavy (non-hydrogen) atoms. The number of carbonyl (C=O) groups is 1. The van der Waals surface area contributed by atoms with Crippen molar-refractivity contribution < 1.29 is 35.5 Å². The lowest BCUT2D eigenvalue weighted by Crippen LogP contribution is -2.40. The molecule has 206 valence electrons. The van der Waals surface area contributed by atoms with Gasteiger partial charge in [-0.05, 0) is 64.8 Å². The van der Waals surface area contributed by atoms with E-state index in [1.165, 1.54) is 19.1 Å². The number of anilines is 2. The number of nitrogens with two attached hydrogens (primary N) is 1. The number of rotatable bonds is 10. The number of nitrogen functional groups attached to an aromatic ring is 1. The Morgan fingerprint density at radius 3 is 2.05 bits per heavy atom. The summed E-state index contributed by atoms with van der Waals surface area (Å²) in [6, 6.07) is 4.56. The molecule has 2 aromatic carbocycles. The fourth-order valence-corrected chi connectivity index (χ4v) is 7.92. The highest BCUT2D eigenvalue weighted by molar-refractivity contribution is 8.10. The van der Waals surface area contributed by atoms with Gasteiger partial charge in [-0.3, -0.25) is 0 Å². The fourth-order valence-electron chi connectivity index (χ4n) is 3.45. The minimum absolute atomic E-state index is 0.00205. The zero-order valence-corrected chi connectivity index (χ0v) is 24.0. The van der Waals surface area contributed by atoms with Gasteiger partial charge in [0.15, 0.2) is 11.6 Å². The lowest BCUT2D eigenvalue weighted by atomic mass is 10.0. The van der Waals surface area contributed by atoms with Crippen LogP contribution in [0.15, 0.2) is 24.3 Å². The molecule has 0 saturated heterocycles. The van der Waals surface area contributed by atoms with Crippen LogP contribution < -0.4 is 14.2 Å². The summed E-state index contributed by atoms with van der Waals surface area (Å²) in [6.45, 7) is 9.71. The van der Waals surface area contributed by atoms with Crippen LogP contribution in [0.25, 0.3) is 0 Å². The zero-order valence-electron chi connectivity index (χ0n) is 21.6. The standard InChI is InChI=1S/C24H32ClFN2O7S2/c1-7-13-36(30,31)28(37(32,33)14-8-2)18-11-9-16(26)22(21(18)25)34-19-12-10-17(27)20(15(19)3)23(29)35-24(4,5)6/h9-12H,7-8,13-14,27H2,1-6H3. The van der Waals surface area contributed by atoms with Crippen LogP contribution in [-0.4, -0.2) is 39.9 Å². The van der Waals surface area contributed by atoms with Crippen LogP contribution in [0.5, 0.6) is 11.5 Å². The van der Waals surface area contributed by atoms with Crippen LogP contribution in [0, 0.1) is 12.7 Å². The van der Waals surface area contributed by atoms with E-state index in [2.05, 4.69) is 0 Å². The van der Waals surface area contributed by atoms with E-state index < -0.39 is 65.4 Å². The maximum Gasteiger partial charge on any atom is 0.341 e. The van der Waals surface area contributed by atoms with Crippen molar-refractivity contribution in [3.8, 4) is 11.5 Å². The van der Waals surface area contributed by atoms with Crippen molar-refractivity contribution in [3.05, 3.63) is 46.2 Å². The summed E-state index contributed by atoms with van der Waals surface area (Å²) in [7, 11) is -8.75. The molecule has 0 radical (unpaired) electrons. The lowest BCUT2D eigenvalue weighted by molar-refractivity contribution is 0.00696. The smallest absolute Gasteiger partial charge is 0.341 e. The largest absolute Gasteiger partial charge is 0.456 e. The van der Waals surface area contributed by atoms with Crippen molar-refractivity contribution in [1.82, 2.24) is 0 Å². The summed E-state index contributed by atoms with van der Waals surface area (Å²) in [4.78, 5) is 12.7. The maximum atomic E-state index is 14.9. The molecule has 0 saturated carbocycles. The van der Waals surface area contributed by atoms with Gasteiger partial charge in [-0.2, -0.15) is 3.71 Å². The van der Waals surface area contributed by atoms with E-state index >= 15 is 0 Å². The molecule has 2 N–H and O–H groups in total. The Hall–Kier alpha value is -2.57. The molecule has 2 aromatic rings. The third-order valence-electron chi connectivity index (χ3n) is 4.92. The summed E-state index contributed by atoms with van der Waals surface area (Å²) in [6.07, 6.45) is 0.279. The van der Waals surface area contributed by atoms with Crippen molar-refractivity contribution in [2.45, 2.75) is 60.0 Å². The monoisotopic (exact) mass is 578 g/mol. The number of hydrogen-bond donors (Lipinski definition) is 1. The number of hydrogen-bond acceptors (Lipinski definition) is 8. The van der Waals surface area contributed by atoms with E-state index in [0.717, 1.165) is 12.1 Å². The third-order valence-corrected chi connectivity index (χ3v) is 9.90. The Morgan fingerprint density at radius 2 is 1.57 bits per heavy atom. The second kappa shape index (κ2) is 11.4. The van der Waals surface area contributed by atoms with Gasteiger partial charge in [-0.25, -0.2) is 26.0 Å². The van der Waals surface area contributed by atoms with Crippen LogP contribution >= 0.6 is 11.6 Å². The summed E-state index contributed by atoms with van der Waals surface area (Å²) in [5.41, 5.74) is 5.01. The van der Waals surface area contributed by atoms with Gasteiger partial charge in [-0.1, -0.05) is 25.4 Å². The minimum Gasteiger partial charge on any atom is -0.456 e. The predicted molar refractivity (Wildman–Crippen MR) is 143 cm³/mol. The molecule has 0 atom stereocenters. The molecule has 9 nitrogen and oxygen atoms in total. The van der Waals surface area contributed by atoms with E-state index in [1.807, 2.05) is 0 Å². The van der Waals surface area contributed by atoms with E-state index in [9.17, 15) is 26.0 Å². The van der Waals surface area contributed by atoms with Gasteiger partial charge < -0.3 is 15.2 Å². The van der Waals surface area contributed by atoms with Crippen molar-refractivity contribution in [1.29, 1.82) is 0 Å². The molecule has 0 spiro atoms. The first-order valence-corrected chi connectivity index (χ1v) is 15.1.